The van der Waals surface area contributed by atoms with E-state index >= 15 is 0 Å². The summed E-state index contributed by atoms with van der Waals surface area (Å²) in [4.78, 5) is 8.96. The average Bonchev–Trinajstić information content (AvgIpc) is 2.96. The van der Waals surface area contributed by atoms with E-state index in [1.165, 1.54) is 5.56 Å². The predicted octanol–water partition coefficient (Wildman–Crippen LogP) is 4.50. The summed E-state index contributed by atoms with van der Waals surface area (Å²) in [5.41, 5.74) is 2.29. The topological polar surface area (TPSA) is 25.8 Å². The summed E-state index contributed by atoms with van der Waals surface area (Å²) in [5.74, 6) is 0.861. The van der Waals surface area contributed by atoms with E-state index in [2.05, 4.69) is 27.5 Å². The van der Waals surface area contributed by atoms with E-state index in [1.54, 1.807) is 23.1 Å². The minimum absolute atomic E-state index is 0.861. The highest BCUT2D eigenvalue weighted by Gasteiger charge is 2.05. The molecule has 0 saturated heterocycles. The van der Waals surface area contributed by atoms with Crippen LogP contribution in [0.4, 0.5) is 0 Å². The fourth-order valence-electron chi connectivity index (χ4n) is 1.67. The van der Waals surface area contributed by atoms with Crippen molar-refractivity contribution < 1.29 is 0 Å². The predicted molar refractivity (Wildman–Crippen MR) is 81.3 cm³/mol. The molecule has 19 heavy (non-hydrogen) atoms. The summed E-state index contributed by atoms with van der Waals surface area (Å²) in [6.07, 6.45) is 1.82. The number of rotatable bonds is 4. The average molecular weight is 284 g/mol. The van der Waals surface area contributed by atoms with Gasteiger partial charge in [-0.2, -0.15) is 0 Å². The van der Waals surface area contributed by atoms with Crippen molar-refractivity contribution in [1.82, 2.24) is 9.97 Å². The quantitative estimate of drug-likeness (QED) is 0.660. The molecular formula is C15H12N2S2. The van der Waals surface area contributed by atoms with Crippen molar-refractivity contribution >= 4 is 23.1 Å². The number of aromatic nitrogens is 2. The van der Waals surface area contributed by atoms with Gasteiger partial charge in [-0.15, -0.1) is 23.1 Å². The SMILES string of the molecule is c1ccc(-c2nc(CSc3ccccn3)cs2)cc1. The number of hydrogen-bond donors (Lipinski definition) is 0. The van der Waals surface area contributed by atoms with Crippen molar-refractivity contribution in [3.05, 3.63) is 65.8 Å². The van der Waals surface area contributed by atoms with Gasteiger partial charge in [0.1, 0.15) is 5.01 Å². The zero-order valence-electron chi connectivity index (χ0n) is 10.2. The maximum absolute atomic E-state index is 4.67. The molecule has 0 spiro atoms. The Kier molecular flexibility index (Phi) is 3.91. The highest BCUT2D eigenvalue weighted by molar-refractivity contribution is 7.98. The van der Waals surface area contributed by atoms with E-state index in [9.17, 15) is 0 Å². The molecule has 3 rings (SSSR count). The second-order valence-electron chi connectivity index (χ2n) is 3.97. The van der Waals surface area contributed by atoms with Crippen LogP contribution < -0.4 is 0 Å². The van der Waals surface area contributed by atoms with Crippen molar-refractivity contribution in [2.24, 2.45) is 0 Å². The zero-order valence-corrected chi connectivity index (χ0v) is 11.8. The van der Waals surface area contributed by atoms with Gasteiger partial charge in [0.25, 0.3) is 0 Å². The van der Waals surface area contributed by atoms with Gasteiger partial charge >= 0.3 is 0 Å². The Bertz CT molecular complexity index is 636. The molecule has 2 heterocycles. The van der Waals surface area contributed by atoms with Crippen LogP contribution in [-0.2, 0) is 5.75 Å². The highest BCUT2D eigenvalue weighted by Crippen LogP contribution is 2.26. The molecule has 0 fully saturated rings. The van der Waals surface area contributed by atoms with Crippen molar-refractivity contribution in [2.75, 3.05) is 0 Å². The maximum Gasteiger partial charge on any atom is 0.123 e. The van der Waals surface area contributed by atoms with Gasteiger partial charge in [0, 0.05) is 22.9 Å². The van der Waals surface area contributed by atoms with Crippen LogP contribution in [0.25, 0.3) is 10.6 Å². The van der Waals surface area contributed by atoms with E-state index in [1.807, 2.05) is 42.6 Å². The second kappa shape index (κ2) is 5.99. The molecule has 0 aliphatic heterocycles. The molecule has 0 saturated carbocycles. The summed E-state index contributed by atoms with van der Waals surface area (Å²) in [6, 6.07) is 16.2. The van der Waals surface area contributed by atoms with E-state index in [-0.39, 0.29) is 0 Å². The Morgan fingerprint density at radius 2 is 1.84 bits per heavy atom. The van der Waals surface area contributed by atoms with Gasteiger partial charge in [0.15, 0.2) is 0 Å². The lowest BCUT2D eigenvalue weighted by atomic mass is 10.2. The van der Waals surface area contributed by atoms with E-state index < -0.39 is 0 Å². The molecule has 0 aliphatic rings. The molecule has 0 bridgehead atoms. The number of thiazole rings is 1. The lowest BCUT2D eigenvalue weighted by Crippen LogP contribution is -1.83. The van der Waals surface area contributed by atoms with Gasteiger partial charge < -0.3 is 0 Å². The van der Waals surface area contributed by atoms with Gasteiger partial charge in [-0.05, 0) is 12.1 Å². The van der Waals surface area contributed by atoms with Crippen LogP contribution in [0.15, 0.2) is 65.1 Å². The third-order valence-electron chi connectivity index (χ3n) is 2.58. The first kappa shape index (κ1) is 12.4. The minimum Gasteiger partial charge on any atom is -0.250 e. The van der Waals surface area contributed by atoms with Crippen LogP contribution >= 0.6 is 23.1 Å². The molecule has 3 aromatic rings. The van der Waals surface area contributed by atoms with Crippen LogP contribution in [0.5, 0.6) is 0 Å². The van der Waals surface area contributed by atoms with Crippen molar-refractivity contribution in [3.8, 4) is 10.6 Å². The monoisotopic (exact) mass is 284 g/mol. The number of benzene rings is 1. The lowest BCUT2D eigenvalue weighted by Gasteiger charge is -1.97. The summed E-state index contributed by atoms with van der Waals surface area (Å²) in [6.45, 7) is 0. The largest absolute Gasteiger partial charge is 0.250 e. The molecule has 0 radical (unpaired) electrons. The Hall–Kier alpha value is -1.65. The number of nitrogens with zero attached hydrogens (tertiary/aromatic N) is 2. The molecule has 0 N–H and O–H groups in total. The maximum atomic E-state index is 4.67. The Morgan fingerprint density at radius 3 is 2.63 bits per heavy atom. The first-order valence-electron chi connectivity index (χ1n) is 5.95. The molecule has 4 heteroatoms. The molecule has 2 nitrogen and oxygen atoms in total. The Morgan fingerprint density at radius 1 is 1.00 bits per heavy atom. The summed E-state index contributed by atoms with van der Waals surface area (Å²) < 4.78 is 0. The minimum atomic E-state index is 0.861. The molecule has 94 valence electrons. The standard InChI is InChI=1S/C15H12N2S2/c1-2-6-12(7-3-1)15-17-13(11-19-15)10-18-14-8-4-5-9-16-14/h1-9,11H,10H2. The second-order valence-corrected chi connectivity index (χ2v) is 5.82. The smallest absolute Gasteiger partial charge is 0.123 e. The first-order valence-corrected chi connectivity index (χ1v) is 7.82. The molecule has 0 amide bonds. The lowest BCUT2D eigenvalue weighted by molar-refractivity contribution is 1.12. The van der Waals surface area contributed by atoms with Crippen molar-refractivity contribution in [2.45, 2.75) is 10.8 Å². The van der Waals surface area contributed by atoms with Crippen LogP contribution in [0.3, 0.4) is 0 Å². The third kappa shape index (κ3) is 3.22. The molecule has 0 atom stereocenters. The highest BCUT2D eigenvalue weighted by atomic mass is 32.2. The van der Waals surface area contributed by atoms with Crippen LogP contribution in [0.1, 0.15) is 5.69 Å². The summed E-state index contributed by atoms with van der Waals surface area (Å²) in [7, 11) is 0. The van der Waals surface area contributed by atoms with Crippen LogP contribution in [0.2, 0.25) is 0 Å². The normalized spacial score (nSPS) is 10.5. The van der Waals surface area contributed by atoms with Crippen LogP contribution in [-0.4, -0.2) is 9.97 Å². The molecule has 0 unspecified atom stereocenters. The van der Waals surface area contributed by atoms with Crippen LogP contribution in [0, 0.1) is 0 Å². The Balaban J connectivity index is 1.69. The van der Waals surface area contributed by atoms with Crippen molar-refractivity contribution in [3.63, 3.8) is 0 Å². The van der Waals surface area contributed by atoms with E-state index in [4.69, 9.17) is 0 Å². The molecule has 1 aromatic carbocycles. The third-order valence-corrected chi connectivity index (χ3v) is 4.50. The Labute approximate surface area is 120 Å². The van der Waals surface area contributed by atoms with Gasteiger partial charge in [-0.3, -0.25) is 0 Å². The zero-order chi connectivity index (χ0) is 12.9. The number of pyridine rings is 1. The van der Waals surface area contributed by atoms with Gasteiger partial charge in [-0.1, -0.05) is 36.4 Å². The fourth-order valence-corrected chi connectivity index (χ4v) is 3.35. The first-order chi connectivity index (χ1) is 9.42. The number of thioether (sulfide) groups is 1. The van der Waals surface area contributed by atoms with Gasteiger partial charge in [0.2, 0.25) is 0 Å². The van der Waals surface area contributed by atoms with E-state index in [0.717, 1.165) is 21.5 Å². The summed E-state index contributed by atoms with van der Waals surface area (Å²) >= 11 is 3.41. The van der Waals surface area contributed by atoms with Crippen molar-refractivity contribution in [1.29, 1.82) is 0 Å². The fraction of sp³-hybridized carbons (Fsp3) is 0.0667. The summed E-state index contributed by atoms with van der Waals surface area (Å²) in [5, 5.41) is 4.24. The molecule has 0 aliphatic carbocycles. The van der Waals surface area contributed by atoms with E-state index in [0.29, 0.717) is 0 Å². The molecule has 2 aromatic heterocycles. The number of hydrogen-bond acceptors (Lipinski definition) is 4. The van der Waals surface area contributed by atoms with Gasteiger partial charge in [0.05, 0.1) is 10.7 Å². The van der Waals surface area contributed by atoms with Gasteiger partial charge in [-0.25, -0.2) is 9.97 Å². The molecular weight excluding hydrogens is 272 g/mol.